The van der Waals surface area contributed by atoms with E-state index >= 15 is 0 Å². The van der Waals surface area contributed by atoms with Crippen LogP contribution in [0.25, 0.3) is 0 Å². The highest BCUT2D eigenvalue weighted by atomic mass is 35.5. The molecule has 1 aromatic carbocycles. The Labute approximate surface area is 156 Å². The van der Waals surface area contributed by atoms with Crippen molar-refractivity contribution >= 4 is 24.2 Å². The zero-order chi connectivity index (χ0) is 17.1. The molecule has 2 fully saturated rings. The highest BCUT2D eigenvalue weighted by Gasteiger charge is 2.41. The Morgan fingerprint density at radius 3 is 2.72 bits per heavy atom. The zero-order valence-electron chi connectivity index (χ0n) is 15.0. The molecule has 0 spiro atoms. The molecule has 0 saturated carbocycles. The summed E-state index contributed by atoms with van der Waals surface area (Å²) in [5.74, 6) is 0.0547. The molecule has 1 aromatic rings. The predicted octanol–water partition coefficient (Wildman–Crippen LogP) is 2.23. The molecule has 0 radical (unpaired) electrons. The van der Waals surface area contributed by atoms with Gasteiger partial charge in [-0.1, -0.05) is 30.3 Å². The maximum atomic E-state index is 12.9. The van der Waals surface area contributed by atoms with Gasteiger partial charge in [0.05, 0.1) is 12.0 Å². The van der Waals surface area contributed by atoms with Crippen molar-refractivity contribution in [3.63, 3.8) is 0 Å². The summed E-state index contributed by atoms with van der Waals surface area (Å²) in [5, 5.41) is 3.17. The number of carbonyl (C=O) groups excluding carboxylic acids is 2. The van der Waals surface area contributed by atoms with Crippen molar-refractivity contribution in [1.82, 2.24) is 15.1 Å². The third-order valence-corrected chi connectivity index (χ3v) is 5.36. The zero-order valence-corrected chi connectivity index (χ0v) is 15.8. The third kappa shape index (κ3) is 4.15. The quantitative estimate of drug-likeness (QED) is 0.870. The normalized spacial score (nSPS) is 24.3. The average molecular weight is 366 g/mol. The van der Waals surface area contributed by atoms with Gasteiger partial charge in [0.1, 0.15) is 0 Å². The molecular weight excluding hydrogens is 338 g/mol. The van der Waals surface area contributed by atoms with Crippen LogP contribution >= 0.6 is 12.4 Å². The molecule has 2 heterocycles. The topological polar surface area (TPSA) is 52.7 Å². The van der Waals surface area contributed by atoms with Crippen LogP contribution in [-0.4, -0.2) is 54.3 Å². The molecule has 0 aliphatic carbocycles. The first kappa shape index (κ1) is 19.7. The lowest BCUT2D eigenvalue weighted by Crippen LogP contribution is -2.44. The fourth-order valence-electron chi connectivity index (χ4n) is 3.99. The van der Waals surface area contributed by atoms with Gasteiger partial charge in [-0.25, -0.2) is 0 Å². The maximum absolute atomic E-state index is 12.9. The van der Waals surface area contributed by atoms with Gasteiger partial charge in [0.25, 0.3) is 0 Å². The summed E-state index contributed by atoms with van der Waals surface area (Å²) in [6.07, 6.45) is 2.46. The summed E-state index contributed by atoms with van der Waals surface area (Å²) >= 11 is 0. The molecule has 0 aromatic heterocycles. The Hall–Kier alpha value is -1.59. The van der Waals surface area contributed by atoms with Gasteiger partial charge in [0.2, 0.25) is 11.8 Å². The smallest absolute Gasteiger partial charge is 0.228 e. The van der Waals surface area contributed by atoms with Crippen LogP contribution in [0.5, 0.6) is 0 Å². The standard InChI is InChI=1S/C19H27N3O2.ClH/c1-14(15-7-4-3-5-8-15)22-13-16(11-18(22)23)19(24)21-10-6-9-17(21)12-20-2;/h3-5,7-8,14,16-17,20H,6,9-13H2,1-2H3;1H. The molecule has 2 amide bonds. The van der Waals surface area contributed by atoms with Crippen LogP contribution in [-0.2, 0) is 9.59 Å². The lowest BCUT2D eigenvalue weighted by Gasteiger charge is -2.28. The summed E-state index contributed by atoms with van der Waals surface area (Å²) < 4.78 is 0. The van der Waals surface area contributed by atoms with Crippen LogP contribution in [0.3, 0.4) is 0 Å². The first-order valence-corrected chi connectivity index (χ1v) is 8.91. The molecule has 5 nitrogen and oxygen atoms in total. The lowest BCUT2D eigenvalue weighted by atomic mass is 10.1. The van der Waals surface area contributed by atoms with Gasteiger partial charge in [-0.15, -0.1) is 12.4 Å². The number of benzene rings is 1. The Morgan fingerprint density at radius 2 is 2.04 bits per heavy atom. The van der Waals surface area contributed by atoms with E-state index in [9.17, 15) is 9.59 Å². The molecule has 3 rings (SSSR count). The van der Waals surface area contributed by atoms with E-state index in [1.165, 1.54) is 0 Å². The van der Waals surface area contributed by atoms with Crippen molar-refractivity contribution < 1.29 is 9.59 Å². The van der Waals surface area contributed by atoms with E-state index in [0.717, 1.165) is 31.5 Å². The molecular formula is C19H28ClN3O2. The summed E-state index contributed by atoms with van der Waals surface area (Å²) in [7, 11) is 1.92. The molecule has 3 atom stereocenters. The molecule has 1 N–H and O–H groups in total. The number of halogens is 1. The molecule has 0 bridgehead atoms. The van der Waals surface area contributed by atoms with Crippen molar-refractivity contribution in [2.45, 2.75) is 38.3 Å². The molecule has 2 aliphatic heterocycles. The SMILES string of the molecule is CNCC1CCCN1C(=O)C1CC(=O)N(C(C)c2ccccc2)C1.Cl. The van der Waals surface area contributed by atoms with E-state index in [4.69, 9.17) is 0 Å². The van der Waals surface area contributed by atoms with Crippen LogP contribution in [0.15, 0.2) is 30.3 Å². The number of amides is 2. The molecule has 2 aliphatic rings. The first-order valence-electron chi connectivity index (χ1n) is 8.91. The van der Waals surface area contributed by atoms with Crippen LogP contribution in [0.4, 0.5) is 0 Å². The number of likely N-dealkylation sites (tertiary alicyclic amines) is 2. The van der Waals surface area contributed by atoms with E-state index in [1.54, 1.807) is 0 Å². The van der Waals surface area contributed by atoms with Crippen molar-refractivity contribution in [3.8, 4) is 0 Å². The van der Waals surface area contributed by atoms with E-state index in [2.05, 4.69) is 5.32 Å². The van der Waals surface area contributed by atoms with E-state index < -0.39 is 0 Å². The first-order chi connectivity index (χ1) is 11.6. The Kier molecular flexibility index (Phi) is 6.85. The number of carbonyl (C=O) groups is 2. The summed E-state index contributed by atoms with van der Waals surface area (Å²) in [4.78, 5) is 29.2. The summed E-state index contributed by atoms with van der Waals surface area (Å²) in [6, 6.07) is 10.3. The van der Waals surface area contributed by atoms with E-state index in [1.807, 2.05) is 54.1 Å². The fraction of sp³-hybridized carbons (Fsp3) is 0.579. The Morgan fingerprint density at radius 1 is 1.32 bits per heavy atom. The minimum Gasteiger partial charge on any atom is -0.338 e. The van der Waals surface area contributed by atoms with Crippen molar-refractivity contribution in [2.24, 2.45) is 5.92 Å². The van der Waals surface area contributed by atoms with E-state index in [-0.39, 0.29) is 42.2 Å². The number of likely N-dealkylation sites (N-methyl/N-ethyl adjacent to an activating group) is 1. The minimum absolute atomic E-state index is 0. The Balaban J connectivity index is 0.00000225. The predicted molar refractivity (Wildman–Crippen MR) is 101 cm³/mol. The van der Waals surface area contributed by atoms with Gasteiger partial charge in [-0.2, -0.15) is 0 Å². The average Bonchev–Trinajstić information content (AvgIpc) is 3.21. The number of rotatable bonds is 5. The van der Waals surface area contributed by atoms with Gasteiger partial charge in [-0.05, 0) is 32.4 Å². The second-order valence-corrected chi connectivity index (χ2v) is 6.92. The number of hydrogen-bond donors (Lipinski definition) is 1. The van der Waals surface area contributed by atoms with Gasteiger partial charge in [-0.3, -0.25) is 9.59 Å². The second kappa shape index (κ2) is 8.68. The van der Waals surface area contributed by atoms with Gasteiger partial charge < -0.3 is 15.1 Å². The van der Waals surface area contributed by atoms with Crippen molar-refractivity contribution in [3.05, 3.63) is 35.9 Å². The maximum Gasteiger partial charge on any atom is 0.228 e. The number of hydrogen-bond acceptors (Lipinski definition) is 3. The van der Waals surface area contributed by atoms with Crippen molar-refractivity contribution in [1.29, 1.82) is 0 Å². The monoisotopic (exact) mass is 365 g/mol. The highest BCUT2D eigenvalue weighted by molar-refractivity contribution is 5.89. The summed E-state index contributed by atoms with van der Waals surface area (Å²) in [5.41, 5.74) is 1.12. The van der Waals surface area contributed by atoms with Gasteiger partial charge >= 0.3 is 0 Å². The number of nitrogens with one attached hydrogen (secondary N) is 1. The molecule has 3 unspecified atom stereocenters. The summed E-state index contributed by atoms with van der Waals surface area (Å²) in [6.45, 7) is 4.23. The second-order valence-electron chi connectivity index (χ2n) is 6.92. The third-order valence-electron chi connectivity index (χ3n) is 5.36. The van der Waals surface area contributed by atoms with E-state index in [0.29, 0.717) is 13.0 Å². The van der Waals surface area contributed by atoms with Crippen LogP contribution < -0.4 is 5.32 Å². The Bertz CT molecular complexity index is 596. The van der Waals surface area contributed by atoms with Crippen LogP contribution in [0.1, 0.15) is 37.8 Å². The molecule has 25 heavy (non-hydrogen) atoms. The molecule has 2 saturated heterocycles. The fourth-order valence-corrected chi connectivity index (χ4v) is 3.99. The van der Waals surface area contributed by atoms with Gasteiger partial charge in [0.15, 0.2) is 0 Å². The largest absolute Gasteiger partial charge is 0.338 e. The van der Waals surface area contributed by atoms with Crippen molar-refractivity contribution in [2.75, 3.05) is 26.7 Å². The highest BCUT2D eigenvalue weighted by Crippen LogP contribution is 2.31. The lowest BCUT2D eigenvalue weighted by molar-refractivity contribution is -0.136. The molecule has 138 valence electrons. The van der Waals surface area contributed by atoms with Crippen LogP contribution in [0.2, 0.25) is 0 Å². The van der Waals surface area contributed by atoms with Gasteiger partial charge in [0, 0.05) is 32.1 Å². The number of nitrogens with zero attached hydrogens (tertiary/aromatic N) is 2. The van der Waals surface area contributed by atoms with Crippen LogP contribution in [0, 0.1) is 5.92 Å². The molecule has 6 heteroatoms. The minimum atomic E-state index is -0.193.